The van der Waals surface area contributed by atoms with Crippen molar-refractivity contribution >= 4 is 5.78 Å². The molecule has 3 aromatic heterocycles. The summed E-state index contributed by atoms with van der Waals surface area (Å²) >= 11 is 0. The first kappa shape index (κ1) is 18.5. The van der Waals surface area contributed by atoms with Crippen LogP contribution in [0.4, 0.5) is 13.2 Å². The lowest BCUT2D eigenvalue weighted by Crippen LogP contribution is -2.06. The summed E-state index contributed by atoms with van der Waals surface area (Å²) in [6.07, 6.45) is 2.35. The van der Waals surface area contributed by atoms with Crippen molar-refractivity contribution < 1.29 is 22.5 Å². The van der Waals surface area contributed by atoms with Crippen molar-refractivity contribution in [2.24, 2.45) is 0 Å². The number of aromatic nitrogens is 4. The van der Waals surface area contributed by atoms with Crippen LogP contribution in [-0.2, 0) is 0 Å². The minimum absolute atomic E-state index is 0.0974. The van der Waals surface area contributed by atoms with Gasteiger partial charge in [-0.25, -0.2) is 23.1 Å². The largest absolute Gasteiger partial charge is 0.354 e. The molecular weight excluding hydrogens is 385 g/mol. The maximum atomic E-state index is 13.4. The van der Waals surface area contributed by atoms with E-state index in [0.717, 1.165) is 0 Å². The number of carbonyl (C=O) groups excluding carboxylic acids is 1. The van der Waals surface area contributed by atoms with Gasteiger partial charge in [0.25, 0.3) is 6.43 Å². The lowest BCUT2D eigenvalue weighted by atomic mass is 10.00. The van der Waals surface area contributed by atoms with Crippen LogP contribution in [0.25, 0.3) is 22.6 Å². The standard InChI is InChI=1S/C20H11F3N4O2/c21-14-5-3-11(4-6-14)20-25-9-13(10-26-20)16-15(18(19(22)23)29-27-16)17(28)12-2-1-7-24-8-12/h1-10,19H. The van der Waals surface area contributed by atoms with Gasteiger partial charge in [-0.05, 0) is 36.4 Å². The van der Waals surface area contributed by atoms with Gasteiger partial charge in [0, 0.05) is 41.5 Å². The molecule has 3 heterocycles. The highest BCUT2D eigenvalue weighted by atomic mass is 19.3. The van der Waals surface area contributed by atoms with Crippen LogP contribution in [0.5, 0.6) is 0 Å². The number of carbonyl (C=O) groups is 1. The molecule has 0 bridgehead atoms. The Morgan fingerprint density at radius 3 is 2.31 bits per heavy atom. The molecule has 0 atom stereocenters. The molecule has 0 spiro atoms. The number of pyridine rings is 1. The van der Waals surface area contributed by atoms with Gasteiger partial charge in [-0.15, -0.1) is 0 Å². The molecule has 0 aliphatic carbocycles. The summed E-state index contributed by atoms with van der Waals surface area (Å²) in [6.45, 7) is 0. The number of alkyl halides is 2. The van der Waals surface area contributed by atoms with Crippen molar-refractivity contribution in [1.82, 2.24) is 20.1 Å². The Hall–Kier alpha value is -3.88. The van der Waals surface area contributed by atoms with Crippen LogP contribution in [0, 0.1) is 5.82 Å². The molecule has 0 saturated carbocycles. The maximum Gasteiger partial charge on any atom is 0.298 e. The van der Waals surface area contributed by atoms with Gasteiger partial charge in [0.15, 0.2) is 5.82 Å². The van der Waals surface area contributed by atoms with E-state index in [-0.39, 0.29) is 22.4 Å². The number of nitrogens with zero attached hydrogens (tertiary/aromatic N) is 4. The van der Waals surface area contributed by atoms with Crippen LogP contribution in [0.3, 0.4) is 0 Å². The zero-order valence-corrected chi connectivity index (χ0v) is 14.6. The van der Waals surface area contributed by atoms with Crippen LogP contribution in [0.15, 0.2) is 65.7 Å². The highest BCUT2D eigenvalue weighted by Crippen LogP contribution is 2.33. The van der Waals surface area contributed by atoms with E-state index in [1.807, 2.05) is 0 Å². The summed E-state index contributed by atoms with van der Waals surface area (Å²) in [5, 5.41) is 3.64. The van der Waals surface area contributed by atoms with Gasteiger partial charge in [-0.3, -0.25) is 9.78 Å². The second-order valence-corrected chi connectivity index (χ2v) is 5.94. The third-order valence-corrected chi connectivity index (χ3v) is 4.10. The number of rotatable bonds is 5. The summed E-state index contributed by atoms with van der Waals surface area (Å²) in [7, 11) is 0. The Kier molecular flexibility index (Phi) is 4.86. The Morgan fingerprint density at radius 2 is 1.69 bits per heavy atom. The summed E-state index contributed by atoms with van der Waals surface area (Å²) in [4.78, 5) is 24.9. The summed E-state index contributed by atoms with van der Waals surface area (Å²) in [5.41, 5.74) is 0.436. The molecule has 144 valence electrons. The summed E-state index contributed by atoms with van der Waals surface area (Å²) in [6, 6.07) is 8.52. The molecule has 9 heteroatoms. The van der Waals surface area contributed by atoms with Crippen molar-refractivity contribution in [2.45, 2.75) is 6.43 Å². The van der Waals surface area contributed by atoms with Gasteiger partial charge in [0.1, 0.15) is 11.5 Å². The highest BCUT2D eigenvalue weighted by Gasteiger charge is 2.30. The highest BCUT2D eigenvalue weighted by molar-refractivity contribution is 6.12. The van der Waals surface area contributed by atoms with Gasteiger partial charge in [0.2, 0.25) is 11.5 Å². The number of ketones is 1. The van der Waals surface area contributed by atoms with Crippen molar-refractivity contribution in [3.05, 3.63) is 83.9 Å². The van der Waals surface area contributed by atoms with Crippen LogP contribution in [-0.4, -0.2) is 25.9 Å². The monoisotopic (exact) mass is 396 g/mol. The molecule has 0 saturated heterocycles. The van der Waals surface area contributed by atoms with Gasteiger partial charge in [0.05, 0.1) is 5.56 Å². The topological polar surface area (TPSA) is 81.8 Å². The minimum Gasteiger partial charge on any atom is -0.354 e. The fraction of sp³-hybridized carbons (Fsp3) is 0.0500. The van der Waals surface area contributed by atoms with E-state index in [1.165, 1.54) is 61.2 Å². The fourth-order valence-corrected chi connectivity index (χ4v) is 2.71. The molecule has 6 nitrogen and oxygen atoms in total. The third kappa shape index (κ3) is 3.62. The van der Waals surface area contributed by atoms with E-state index in [9.17, 15) is 18.0 Å². The van der Waals surface area contributed by atoms with Crippen molar-refractivity contribution in [3.8, 4) is 22.6 Å². The first-order chi connectivity index (χ1) is 14.0. The minimum atomic E-state index is -3.04. The maximum absolute atomic E-state index is 13.4. The zero-order chi connectivity index (χ0) is 20.4. The molecule has 4 rings (SSSR count). The Morgan fingerprint density at radius 1 is 0.966 bits per heavy atom. The number of hydrogen-bond donors (Lipinski definition) is 0. The molecule has 29 heavy (non-hydrogen) atoms. The summed E-state index contributed by atoms with van der Waals surface area (Å²) < 4.78 is 44.6. The van der Waals surface area contributed by atoms with E-state index in [0.29, 0.717) is 11.4 Å². The van der Waals surface area contributed by atoms with Crippen molar-refractivity contribution in [1.29, 1.82) is 0 Å². The predicted molar refractivity (Wildman–Crippen MR) is 95.5 cm³/mol. The number of benzene rings is 1. The van der Waals surface area contributed by atoms with Gasteiger partial charge in [-0.2, -0.15) is 0 Å². The molecule has 4 aromatic rings. The molecule has 0 radical (unpaired) electrons. The molecule has 0 aliphatic rings. The van der Waals surface area contributed by atoms with Crippen LogP contribution in [0.2, 0.25) is 0 Å². The second-order valence-electron chi connectivity index (χ2n) is 5.94. The Bertz CT molecular complexity index is 1140. The first-order valence-corrected chi connectivity index (χ1v) is 8.35. The molecular formula is C20H11F3N4O2. The van der Waals surface area contributed by atoms with E-state index in [1.54, 1.807) is 0 Å². The number of hydrogen-bond acceptors (Lipinski definition) is 6. The third-order valence-electron chi connectivity index (χ3n) is 4.10. The fourth-order valence-electron chi connectivity index (χ4n) is 2.71. The molecule has 0 aliphatic heterocycles. The van der Waals surface area contributed by atoms with Gasteiger partial charge < -0.3 is 4.52 Å². The van der Waals surface area contributed by atoms with E-state index >= 15 is 0 Å². The van der Waals surface area contributed by atoms with Crippen LogP contribution < -0.4 is 0 Å². The molecule has 0 N–H and O–H groups in total. The molecule has 0 amide bonds. The van der Waals surface area contributed by atoms with Gasteiger partial charge in [-0.1, -0.05) is 5.16 Å². The lowest BCUT2D eigenvalue weighted by molar-refractivity contribution is 0.0975. The van der Waals surface area contributed by atoms with Crippen molar-refractivity contribution in [2.75, 3.05) is 0 Å². The normalized spacial score (nSPS) is 11.0. The average Bonchev–Trinajstić information content (AvgIpc) is 3.20. The smallest absolute Gasteiger partial charge is 0.298 e. The van der Waals surface area contributed by atoms with E-state index in [2.05, 4.69) is 20.1 Å². The SMILES string of the molecule is O=C(c1cccnc1)c1c(-c2cnc(-c3ccc(F)cc3)nc2)noc1C(F)F. The molecule has 1 aromatic carbocycles. The second kappa shape index (κ2) is 7.63. The van der Waals surface area contributed by atoms with E-state index in [4.69, 9.17) is 4.52 Å². The Labute approximate surface area is 162 Å². The first-order valence-electron chi connectivity index (χ1n) is 8.35. The van der Waals surface area contributed by atoms with Crippen LogP contribution in [0.1, 0.15) is 28.1 Å². The van der Waals surface area contributed by atoms with E-state index < -0.39 is 23.8 Å². The zero-order valence-electron chi connectivity index (χ0n) is 14.6. The molecule has 0 fully saturated rings. The summed E-state index contributed by atoms with van der Waals surface area (Å²) in [5.74, 6) is -1.64. The van der Waals surface area contributed by atoms with Crippen LogP contribution >= 0.6 is 0 Å². The van der Waals surface area contributed by atoms with Gasteiger partial charge >= 0.3 is 0 Å². The number of halogens is 3. The quantitative estimate of drug-likeness (QED) is 0.462. The molecule has 0 unspecified atom stereocenters. The van der Waals surface area contributed by atoms with Crippen molar-refractivity contribution in [3.63, 3.8) is 0 Å². The predicted octanol–water partition coefficient (Wildman–Crippen LogP) is 4.50. The lowest BCUT2D eigenvalue weighted by Gasteiger charge is -2.04. The average molecular weight is 396 g/mol. The Balaban J connectivity index is 1.75.